The van der Waals surface area contributed by atoms with Gasteiger partial charge < -0.3 is 113 Å². The van der Waals surface area contributed by atoms with Gasteiger partial charge in [0.15, 0.2) is 17.5 Å². The van der Waals surface area contributed by atoms with Crippen LogP contribution in [0, 0.1) is 11.8 Å². The number of ether oxygens (including phenoxy) is 4. The van der Waals surface area contributed by atoms with Crippen molar-refractivity contribution in [2.75, 3.05) is 13.7 Å². The third-order valence-electron chi connectivity index (χ3n) is 17.5. The summed E-state index contributed by atoms with van der Waals surface area (Å²) in [7, 11) is 1.51. The number of primary amides is 1. The highest BCUT2D eigenvalue weighted by Gasteiger charge is 2.54. The van der Waals surface area contributed by atoms with Crippen LogP contribution in [0.25, 0.3) is 0 Å². The largest absolute Gasteiger partial charge is 0.479 e. The second-order valence-corrected chi connectivity index (χ2v) is 25.5. The number of allylic oxidation sites excluding steroid dienone is 8. The molecule has 2 fully saturated rings. The number of rotatable bonds is 11. The summed E-state index contributed by atoms with van der Waals surface area (Å²) in [6.45, 7) is 2.80. The van der Waals surface area contributed by atoms with Gasteiger partial charge in [-0.15, -0.1) is 11.6 Å². The number of likely N-dealkylation sites (N-methyl/N-ethyl adjacent to an activating group) is 1. The van der Waals surface area contributed by atoms with Gasteiger partial charge in [0.1, 0.15) is 83.3 Å². The smallest absolute Gasteiger partial charge is 0.330 e. The van der Waals surface area contributed by atoms with Crippen molar-refractivity contribution in [2.24, 2.45) is 17.6 Å². The number of carboxylic acid groups (broad SMARTS) is 1. The molecule has 0 radical (unpaired) electrons. The van der Waals surface area contributed by atoms with Gasteiger partial charge in [0, 0.05) is 24.3 Å². The van der Waals surface area contributed by atoms with Crippen molar-refractivity contribution in [3.63, 3.8) is 0 Å². The van der Waals surface area contributed by atoms with Crippen LogP contribution in [0.4, 0.5) is 0 Å². The third kappa shape index (κ3) is 13.4. The fraction of sp³-hybridized carbons (Fsp3) is 0.500. The van der Waals surface area contributed by atoms with E-state index in [4.69, 9.17) is 60.1 Å². The monoisotopic (exact) mass is 1340 g/mol. The molecule has 11 bridgehead atoms. The van der Waals surface area contributed by atoms with E-state index in [1.807, 2.05) is 13.8 Å². The number of aliphatic carboxylic acids is 1. The van der Waals surface area contributed by atoms with Crippen molar-refractivity contribution >= 4 is 81.8 Å². The summed E-state index contributed by atoms with van der Waals surface area (Å²) in [6, 6.07) is -10.2. The van der Waals surface area contributed by atoms with Crippen molar-refractivity contribution < 1.29 is 104 Å². The standard InChI is InChI=1S/C60H70Cl2N8O21S/c1-20(2)10-32(64-3)52(79)68-44-46(74)22-5-8-34(30(61)12-22)88-36-14-24-15-37(51(36)91-59-50(78)49(77)48(76)38(19-71)90-59)89-35-9-6-23(13-31(35)62)47(75)45-56(83)67-43(58(84)85)27-16-25(72)17-29-40(27)26-11-21(4-7-28(26)60(29,86)87)41(54(81)69-45)70-57(92)42(24)66-53(80)33(18-39(63)73)65-55(44)82/h4,6-7,9,12,14-16,20,25-26,31-33,38,41-50,59,64,71-72,74-78,86-87H,5,8,10-11,13,17-19H2,1-3H3,(H2,63,73)(H,65,82)(H,66,80)(H,67,83)(H,68,79)(H,69,81)(H,70,92)(H,84,85)/t25?,26?,31?,32-,33+,38?,41?,42-,43+,44-,45+,46-,47-,48?,49+,50?,59-/m1/s1. The first kappa shape index (κ1) is 67.7. The van der Waals surface area contributed by atoms with Crippen LogP contribution < -0.4 is 57.2 Å². The molecule has 1 aromatic rings. The normalized spacial score (nSPS) is 33.3. The van der Waals surface area contributed by atoms with Crippen molar-refractivity contribution in [1.29, 1.82) is 0 Å². The number of nitrogens with two attached hydrogens (primary N) is 1. The predicted octanol–water partition coefficient (Wildman–Crippen LogP) is -3.09. The van der Waals surface area contributed by atoms with Gasteiger partial charge in [0.05, 0.1) is 35.6 Å². The lowest BCUT2D eigenvalue weighted by molar-refractivity contribution is -0.277. The van der Waals surface area contributed by atoms with Gasteiger partial charge >= 0.3 is 5.97 Å². The minimum Gasteiger partial charge on any atom is -0.479 e. The Morgan fingerprint density at radius 1 is 0.826 bits per heavy atom. The van der Waals surface area contributed by atoms with E-state index in [2.05, 4.69) is 37.2 Å². The number of amides is 6. The number of alkyl halides is 1. The van der Waals surface area contributed by atoms with Gasteiger partial charge in [-0.1, -0.05) is 55.9 Å². The molecule has 92 heavy (non-hydrogen) atoms. The molecule has 6 aliphatic heterocycles. The summed E-state index contributed by atoms with van der Waals surface area (Å²) < 4.78 is 25.4. The maximum atomic E-state index is 15.5. The molecule has 1 aromatic carbocycles. The molecule has 6 amide bonds. The molecule has 0 saturated carbocycles. The zero-order valence-electron chi connectivity index (χ0n) is 49.4. The number of hydrogen-bond acceptors (Lipinski definition) is 22. The molecule has 11 aliphatic rings. The fourth-order valence-electron chi connectivity index (χ4n) is 12.8. The predicted molar refractivity (Wildman–Crippen MR) is 324 cm³/mol. The Kier molecular flexibility index (Phi) is 19.9. The van der Waals surface area contributed by atoms with Crippen molar-refractivity contribution in [2.45, 2.75) is 161 Å². The zero-order valence-corrected chi connectivity index (χ0v) is 51.7. The lowest BCUT2D eigenvalue weighted by atomic mass is 9.77. The van der Waals surface area contributed by atoms with Gasteiger partial charge in [0.2, 0.25) is 53.3 Å². The molecule has 29 nitrogen and oxygen atoms in total. The van der Waals surface area contributed by atoms with E-state index in [0.717, 1.165) is 6.08 Å². The molecule has 6 heterocycles. The first-order valence-electron chi connectivity index (χ1n) is 29.5. The van der Waals surface area contributed by atoms with Crippen LogP contribution in [0.2, 0.25) is 0 Å². The Morgan fingerprint density at radius 2 is 1.53 bits per heavy atom. The van der Waals surface area contributed by atoms with Gasteiger partial charge in [-0.25, -0.2) is 4.79 Å². The lowest BCUT2D eigenvalue weighted by Gasteiger charge is -2.40. The van der Waals surface area contributed by atoms with Gasteiger partial charge in [0.25, 0.3) is 0 Å². The van der Waals surface area contributed by atoms with Crippen LogP contribution in [0.1, 0.15) is 70.4 Å². The Morgan fingerprint density at radius 3 is 2.18 bits per heavy atom. The summed E-state index contributed by atoms with van der Waals surface area (Å²) in [5, 5.41) is 131. The number of aliphatic hydroxyl groups excluding tert-OH is 7. The first-order chi connectivity index (χ1) is 43.5. The number of aliphatic hydroxyl groups is 9. The molecule has 17 atom stereocenters. The molecule has 496 valence electrons. The summed E-state index contributed by atoms with van der Waals surface area (Å²) in [5.74, 6) is -14.1. The number of carbonyl (C=O) groups excluding carboxylic acids is 6. The van der Waals surface area contributed by atoms with Gasteiger partial charge in [-0.05, 0) is 108 Å². The molecule has 32 heteroatoms. The maximum absolute atomic E-state index is 15.5. The minimum atomic E-state index is -2.80. The Bertz CT molecular complexity index is 3530. The van der Waals surface area contributed by atoms with E-state index >= 15 is 9.59 Å². The number of thiocarbonyl (C=S) groups is 1. The number of halogens is 2. The second-order valence-electron chi connectivity index (χ2n) is 24.1. The molecule has 2 saturated heterocycles. The summed E-state index contributed by atoms with van der Waals surface area (Å²) in [4.78, 5) is 100. The summed E-state index contributed by atoms with van der Waals surface area (Å²) in [6.07, 6.45) is -9.49. The number of benzene rings is 1. The minimum absolute atomic E-state index is 0.00841. The molecular formula is C60H70Cl2N8O21S. The highest BCUT2D eigenvalue weighted by atomic mass is 35.5. The van der Waals surface area contributed by atoms with E-state index in [0.29, 0.717) is 0 Å². The quantitative estimate of drug-likeness (QED) is 0.0593. The number of carbonyl (C=O) groups is 7. The average Bonchev–Trinajstić information content (AvgIpc) is 1.54. The molecule has 5 aliphatic carbocycles. The SMILES string of the molecule is CN[C@H](CC(C)C)C(=O)N[C@H]1C(=O)N[C@@H](CC(N)=O)C(=O)N[C@H]2C(=S)NC3C(=O)N[C@H](C(=O)N[C@H](C(=O)O)C4=CC(O)CC5=C4C4CC3=CC=C4C5(O)O)[C@H](O)C3=CC=C(Oc4cc2cc(c4O[C@H]2OC(CO)C(O)[C@H](O)C2O)OC2=C(Cl)C=C(CC2)[C@H]1O)C(Cl)C3. The molecule has 0 spiro atoms. The number of nitrogens with one attached hydrogen (secondary N) is 7. The number of fused-ring (bicyclic) bond motifs is 12. The molecule has 19 N–H and O–H groups in total. The molecular weight excluding hydrogens is 1270 g/mol. The molecule has 12 rings (SSSR count). The summed E-state index contributed by atoms with van der Waals surface area (Å²) in [5.41, 5.74) is 5.15. The van der Waals surface area contributed by atoms with E-state index in [-0.39, 0.29) is 99.1 Å². The van der Waals surface area contributed by atoms with Crippen LogP contribution in [-0.2, 0) is 38.3 Å². The van der Waals surface area contributed by atoms with Gasteiger partial charge in [-0.3, -0.25) is 28.8 Å². The van der Waals surface area contributed by atoms with Crippen LogP contribution >= 0.6 is 35.4 Å². The average molecular weight is 1340 g/mol. The maximum Gasteiger partial charge on any atom is 0.330 e. The van der Waals surface area contributed by atoms with Crippen LogP contribution in [0.5, 0.6) is 17.2 Å². The first-order valence-corrected chi connectivity index (χ1v) is 30.7. The zero-order chi connectivity index (χ0) is 66.7. The van der Waals surface area contributed by atoms with Crippen molar-refractivity contribution in [3.8, 4) is 17.2 Å². The van der Waals surface area contributed by atoms with Crippen molar-refractivity contribution in [1.82, 2.24) is 37.2 Å². The van der Waals surface area contributed by atoms with E-state index in [1.54, 1.807) is 0 Å². The van der Waals surface area contributed by atoms with Gasteiger partial charge in [-0.2, -0.15) is 0 Å². The fourth-order valence-corrected chi connectivity index (χ4v) is 13.6. The van der Waals surface area contributed by atoms with E-state index in [1.165, 1.54) is 49.6 Å². The molecule has 7 unspecified atom stereocenters. The van der Waals surface area contributed by atoms with E-state index in [9.17, 15) is 75.0 Å². The Balaban J connectivity index is 1.20. The van der Waals surface area contributed by atoms with Crippen molar-refractivity contribution in [3.05, 3.63) is 110 Å². The summed E-state index contributed by atoms with van der Waals surface area (Å²) >= 11 is 20.4. The second kappa shape index (κ2) is 27.1. The third-order valence-corrected chi connectivity index (χ3v) is 18.5. The highest BCUT2D eigenvalue weighted by molar-refractivity contribution is 7.80. The number of carboxylic acids is 1. The van der Waals surface area contributed by atoms with Crippen LogP contribution in [0.15, 0.2) is 104 Å². The van der Waals surface area contributed by atoms with Crippen LogP contribution in [-0.4, -0.2) is 208 Å². The Labute approximate surface area is 539 Å². The topological polar surface area (TPSA) is 469 Å². The lowest BCUT2D eigenvalue weighted by Crippen LogP contribution is -2.62. The highest BCUT2D eigenvalue weighted by Crippen LogP contribution is 2.54. The molecule has 0 aromatic heterocycles. The number of hydrogen-bond donors (Lipinski definition) is 18. The Hall–Kier alpha value is -7.14. The van der Waals surface area contributed by atoms with E-state index < -0.39 is 191 Å². The van der Waals surface area contributed by atoms with Crippen LogP contribution in [0.3, 0.4) is 0 Å².